The molecule has 140 valence electrons. The van der Waals surface area contributed by atoms with Crippen LogP contribution >= 0.6 is 0 Å². The topological polar surface area (TPSA) is 98.4 Å². The molecule has 0 amide bonds. The van der Waals surface area contributed by atoms with Gasteiger partial charge in [0.05, 0.1) is 17.9 Å². The molecule has 3 heterocycles. The van der Waals surface area contributed by atoms with E-state index in [2.05, 4.69) is 15.1 Å². The molecule has 0 radical (unpaired) electrons. The fraction of sp³-hybridized carbons (Fsp3) is 0.235. The van der Waals surface area contributed by atoms with Crippen LogP contribution in [0.3, 0.4) is 0 Å². The minimum atomic E-state index is -3.80. The zero-order valence-electron chi connectivity index (χ0n) is 14.2. The number of nitrogens with zero attached hydrogens (tertiary/aromatic N) is 4. The SMILES string of the molecule is COc1ccc(S(=O)(=O)N2CC(c3nc(-c4ccncc4)no3)C2)cc1F. The Hall–Kier alpha value is -2.85. The summed E-state index contributed by atoms with van der Waals surface area (Å²) in [7, 11) is -2.48. The number of benzene rings is 1. The number of aromatic nitrogens is 3. The summed E-state index contributed by atoms with van der Waals surface area (Å²) in [5.74, 6) is -0.148. The lowest BCUT2D eigenvalue weighted by Crippen LogP contribution is -2.48. The van der Waals surface area contributed by atoms with Gasteiger partial charge in [0, 0.05) is 31.0 Å². The molecule has 8 nitrogen and oxygen atoms in total. The normalized spacial score (nSPS) is 15.5. The quantitative estimate of drug-likeness (QED) is 0.658. The van der Waals surface area contributed by atoms with E-state index in [-0.39, 0.29) is 29.7 Å². The Morgan fingerprint density at radius 3 is 2.63 bits per heavy atom. The Labute approximate surface area is 154 Å². The Morgan fingerprint density at radius 2 is 1.96 bits per heavy atom. The van der Waals surface area contributed by atoms with Gasteiger partial charge < -0.3 is 9.26 Å². The van der Waals surface area contributed by atoms with E-state index in [9.17, 15) is 12.8 Å². The molecule has 4 rings (SSSR count). The number of rotatable bonds is 5. The number of sulfonamides is 1. The Balaban J connectivity index is 1.47. The van der Waals surface area contributed by atoms with Crippen molar-refractivity contribution in [3.8, 4) is 17.1 Å². The van der Waals surface area contributed by atoms with E-state index >= 15 is 0 Å². The summed E-state index contributed by atoms with van der Waals surface area (Å²) in [6, 6.07) is 7.07. The fourth-order valence-electron chi connectivity index (χ4n) is 2.77. The van der Waals surface area contributed by atoms with Crippen molar-refractivity contribution in [2.24, 2.45) is 0 Å². The molecular weight excluding hydrogens is 375 g/mol. The second kappa shape index (κ2) is 6.71. The molecular formula is C17H15FN4O4S. The molecule has 27 heavy (non-hydrogen) atoms. The Bertz CT molecular complexity index is 1070. The highest BCUT2D eigenvalue weighted by Gasteiger charge is 2.40. The van der Waals surface area contributed by atoms with Crippen molar-refractivity contribution in [1.82, 2.24) is 19.4 Å². The average molecular weight is 390 g/mol. The average Bonchev–Trinajstić information content (AvgIpc) is 3.10. The van der Waals surface area contributed by atoms with E-state index < -0.39 is 15.8 Å². The first kappa shape index (κ1) is 17.6. The summed E-state index contributed by atoms with van der Waals surface area (Å²) < 4.78 is 50.4. The van der Waals surface area contributed by atoms with Gasteiger partial charge in [-0.3, -0.25) is 4.98 Å². The van der Waals surface area contributed by atoms with Crippen LogP contribution in [0.15, 0.2) is 52.1 Å². The van der Waals surface area contributed by atoms with Gasteiger partial charge in [-0.15, -0.1) is 0 Å². The van der Waals surface area contributed by atoms with E-state index in [1.807, 2.05) is 0 Å². The van der Waals surface area contributed by atoms with Gasteiger partial charge in [-0.25, -0.2) is 12.8 Å². The van der Waals surface area contributed by atoms with E-state index in [1.54, 1.807) is 24.5 Å². The molecule has 1 saturated heterocycles. The Kier molecular flexibility index (Phi) is 4.36. The molecule has 0 bridgehead atoms. The lowest BCUT2D eigenvalue weighted by molar-refractivity contribution is 0.216. The molecule has 1 fully saturated rings. The highest BCUT2D eigenvalue weighted by atomic mass is 32.2. The highest BCUT2D eigenvalue weighted by Crippen LogP contribution is 2.33. The third-order valence-corrected chi connectivity index (χ3v) is 6.17. The minimum absolute atomic E-state index is 0.00932. The van der Waals surface area contributed by atoms with Crippen molar-refractivity contribution in [1.29, 1.82) is 0 Å². The van der Waals surface area contributed by atoms with E-state index in [1.165, 1.54) is 23.5 Å². The maximum atomic E-state index is 13.8. The summed E-state index contributed by atoms with van der Waals surface area (Å²) in [4.78, 5) is 8.13. The summed E-state index contributed by atoms with van der Waals surface area (Å²) in [6.07, 6.45) is 3.24. The molecule has 10 heteroatoms. The molecule has 0 spiro atoms. The van der Waals surface area contributed by atoms with Crippen LogP contribution in [0.5, 0.6) is 5.75 Å². The van der Waals surface area contributed by atoms with Crippen LogP contribution in [-0.2, 0) is 10.0 Å². The van der Waals surface area contributed by atoms with Crippen molar-refractivity contribution in [3.63, 3.8) is 0 Å². The molecule has 2 aromatic heterocycles. The lowest BCUT2D eigenvalue weighted by atomic mass is 10.0. The number of halogens is 1. The molecule has 0 saturated carbocycles. The number of methoxy groups -OCH3 is 1. The van der Waals surface area contributed by atoms with Gasteiger partial charge in [0.2, 0.25) is 21.7 Å². The van der Waals surface area contributed by atoms with Gasteiger partial charge in [-0.1, -0.05) is 5.16 Å². The van der Waals surface area contributed by atoms with E-state index in [0.717, 1.165) is 11.6 Å². The van der Waals surface area contributed by atoms with Crippen molar-refractivity contribution < 1.29 is 22.1 Å². The highest BCUT2D eigenvalue weighted by molar-refractivity contribution is 7.89. The van der Waals surface area contributed by atoms with Crippen molar-refractivity contribution >= 4 is 10.0 Å². The molecule has 0 aliphatic carbocycles. The van der Waals surface area contributed by atoms with Crippen molar-refractivity contribution in [3.05, 3.63) is 54.4 Å². The maximum Gasteiger partial charge on any atom is 0.243 e. The largest absolute Gasteiger partial charge is 0.494 e. The van der Waals surface area contributed by atoms with Crippen LogP contribution in [-0.4, -0.2) is 48.0 Å². The second-order valence-corrected chi connectivity index (χ2v) is 7.95. The van der Waals surface area contributed by atoms with Crippen LogP contribution in [0, 0.1) is 5.82 Å². The second-order valence-electron chi connectivity index (χ2n) is 6.01. The smallest absolute Gasteiger partial charge is 0.243 e. The van der Waals surface area contributed by atoms with Crippen LogP contribution in [0.25, 0.3) is 11.4 Å². The number of ether oxygens (including phenoxy) is 1. The lowest BCUT2D eigenvalue weighted by Gasteiger charge is -2.35. The maximum absolute atomic E-state index is 13.8. The molecule has 1 aliphatic heterocycles. The standard InChI is InChI=1S/C17H15FN4O4S/c1-25-15-3-2-13(8-14(15)18)27(23,24)22-9-12(10-22)17-20-16(21-26-17)11-4-6-19-7-5-11/h2-8,12H,9-10H2,1H3. The van der Waals surface area contributed by atoms with Crippen molar-refractivity contribution in [2.75, 3.05) is 20.2 Å². The predicted octanol–water partition coefficient (Wildman–Crippen LogP) is 2.07. The summed E-state index contributed by atoms with van der Waals surface area (Å²) >= 11 is 0. The minimum Gasteiger partial charge on any atom is -0.494 e. The van der Waals surface area contributed by atoms with Gasteiger partial charge in [0.15, 0.2) is 11.6 Å². The van der Waals surface area contributed by atoms with Crippen molar-refractivity contribution in [2.45, 2.75) is 10.8 Å². The molecule has 0 unspecified atom stereocenters. The molecule has 0 atom stereocenters. The monoisotopic (exact) mass is 390 g/mol. The Morgan fingerprint density at radius 1 is 1.22 bits per heavy atom. The first-order valence-corrected chi connectivity index (χ1v) is 9.51. The number of hydrogen-bond acceptors (Lipinski definition) is 7. The molecule has 1 aliphatic rings. The summed E-state index contributed by atoms with van der Waals surface area (Å²) in [5, 5.41) is 3.92. The zero-order valence-corrected chi connectivity index (χ0v) is 15.1. The first-order valence-electron chi connectivity index (χ1n) is 8.06. The van der Waals surface area contributed by atoms with E-state index in [0.29, 0.717) is 11.7 Å². The van der Waals surface area contributed by atoms with Gasteiger partial charge in [0.25, 0.3) is 0 Å². The molecule has 1 aromatic carbocycles. The first-order chi connectivity index (χ1) is 13.0. The van der Waals surface area contributed by atoms with Gasteiger partial charge in [0.1, 0.15) is 0 Å². The van der Waals surface area contributed by atoms with Gasteiger partial charge in [-0.2, -0.15) is 9.29 Å². The molecule has 0 N–H and O–H groups in total. The van der Waals surface area contributed by atoms with Crippen LogP contribution in [0.1, 0.15) is 11.8 Å². The summed E-state index contributed by atoms with van der Waals surface area (Å²) in [5.41, 5.74) is 0.762. The van der Waals surface area contributed by atoms with Crippen LogP contribution < -0.4 is 4.74 Å². The third kappa shape index (κ3) is 3.17. The van der Waals surface area contributed by atoms with E-state index in [4.69, 9.17) is 9.26 Å². The van der Waals surface area contributed by atoms with Gasteiger partial charge >= 0.3 is 0 Å². The third-order valence-electron chi connectivity index (χ3n) is 4.34. The molecule has 3 aromatic rings. The van der Waals surface area contributed by atoms with Gasteiger partial charge in [-0.05, 0) is 30.3 Å². The van der Waals surface area contributed by atoms with Crippen LogP contribution in [0.2, 0.25) is 0 Å². The fourth-order valence-corrected chi connectivity index (χ4v) is 4.31. The predicted molar refractivity (Wildman–Crippen MR) is 92.0 cm³/mol. The zero-order chi connectivity index (χ0) is 19.0. The number of pyridine rings is 1. The summed E-state index contributed by atoms with van der Waals surface area (Å²) in [6.45, 7) is 0.377. The number of hydrogen-bond donors (Lipinski definition) is 0. The van der Waals surface area contributed by atoms with Crippen LogP contribution in [0.4, 0.5) is 4.39 Å².